The average Bonchev–Trinajstić information content (AvgIpc) is 1.60. The number of rotatable bonds is 18. The van der Waals surface area contributed by atoms with Crippen molar-refractivity contribution in [3.05, 3.63) is 420 Å². The molecular weight excluding hydrogens is 1810 g/mol. The van der Waals surface area contributed by atoms with Gasteiger partial charge in [0.25, 0.3) is 0 Å². The first-order chi connectivity index (χ1) is 61.4. The summed E-state index contributed by atoms with van der Waals surface area (Å²) in [6.07, 6.45) is 4.95. The zero-order valence-corrected chi connectivity index (χ0v) is 81.1. The van der Waals surface area contributed by atoms with E-state index in [2.05, 4.69) is 463 Å². The van der Waals surface area contributed by atoms with Crippen LogP contribution in [0, 0.1) is 10.5 Å². The van der Waals surface area contributed by atoms with Gasteiger partial charge in [0.2, 0.25) is 0 Å². The smallest absolute Gasteiger partial charge is 0.399 e. The molecule has 15 aromatic rings. The molecule has 3 saturated heterocycles. The molecule has 0 saturated carbocycles. The number of hydrogen-bond donors (Lipinski definition) is 1. The molecule has 0 amide bonds. The quantitative estimate of drug-likeness (QED) is 0.0514. The normalized spacial score (nSPS) is 13.9. The standard InChI is InChI=1S/C36H34BNO2.C30H22BrN.C24H19N.C9H19BO3.C6H4BrI.C4H8O.C4H9.Li/c1-35(2)36(3,4)40-37(39-35)31-19-25-34(26-20-31)38(32-21-15-29(16-22-32)27-11-7-5-8-12-27)33-23-17-30(18-24-33)28-13-9-6-10-14-28;31-27-15-21-30(22-16-27)32(28-17-11-25(12-18-28)23-7-3-1-4-8-23)29-19-13-26(14-20-29)24-9-5-2-6-10-24;1-3-7-19(8-4-1)21-11-15-23(16-12-21)25-24-17-13-22(14-18-24)20-9-5-2-6-10-20;1-7(2)11-10-12-8(3,4)9(5,6)13-10;7-5-1-3-6(8)4-2-5;1-2-4-5-3-1;1-3-4-2;/h5-26H,1-4H3;1-22H;1-18,25H;7H,1-6H3;1-4H;1-4H2;1,3-4H2,2H3;/q;;;;;;-1;+1. The minimum atomic E-state index is -0.523. The number of unbranched alkanes of at least 4 members (excludes halogenated alkanes) is 1. The summed E-state index contributed by atoms with van der Waals surface area (Å²) in [5, 5.41) is 3.46. The third-order valence-corrected chi connectivity index (χ3v) is 24.3. The van der Waals surface area contributed by atoms with Crippen molar-refractivity contribution in [2.24, 2.45) is 0 Å². The van der Waals surface area contributed by atoms with Crippen LogP contribution in [0.2, 0.25) is 0 Å². The number of halogens is 3. The van der Waals surface area contributed by atoms with E-state index in [9.17, 15) is 0 Å². The van der Waals surface area contributed by atoms with Crippen molar-refractivity contribution < 1.29 is 46.9 Å². The molecule has 0 spiro atoms. The van der Waals surface area contributed by atoms with Crippen LogP contribution < -0.4 is 39.4 Å². The fourth-order valence-corrected chi connectivity index (χ4v) is 14.8. The van der Waals surface area contributed by atoms with Gasteiger partial charge < -0.3 is 50.0 Å². The fourth-order valence-electron chi connectivity index (χ4n) is 13.9. The second kappa shape index (κ2) is 48.5. The van der Waals surface area contributed by atoms with E-state index in [1.165, 1.54) is 89.6 Å². The second-order valence-electron chi connectivity index (χ2n) is 33.3. The van der Waals surface area contributed by atoms with E-state index in [1.54, 1.807) is 0 Å². The number of benzene rings is 15. The average molecular weight is 1930 g/mol. The van der Waals surface area contributed by atoms with E-state index in [4.69, 9.17) is 28.0 Å². The molecule has 3 heterocycles. The van der Waals surface area contributed by atoms with E-state index in [0.29, 0.717) is 0 Å². The van der Waals surface area contributed by atoms with Crippen LogP contribution in [-0.4, -0.2) is 56.2 Å². The van der Waals surface area contributed by atoms with Crippen molar-refractivity contribution in [1.29, 1.82) is 0 Å². The van der Waals surface area contributed by atoms with Crippen LogP contribution >= 0.6 is 54.5 Å². The summed E-state index contributed by atoms with van der Waals surface area (Å²) in [5.41, 5.74) is 23.1. The number of nitrogens with one attached hydrogen (secondary N) is 1. The Morgan fingerprint density at radius 1 is 0.336 bits per heavy atom. The Morgan fingerprint density at radius 3 is 0.781 bits per heavy atom. The van der Waals surface area contributed by atoms with Gasteiger partial charge in [-0.2, -0.15) is 6.42 Å². The Balaban J connectivity index is 0.000000161. The summed E-state index contributed by atoms with van der Waals surface area (Å²) in [6.45, 7) is 28.0. The molecule has 15 aromatic carbocycles. The van der Waals surface area contributed by atoms with Crippen molar-refractivity contribution in [2.45, 2.75) is 130 Å². The van der Waals surface area contributed by atoms with E-state index >= 15 is 0 Å². The van der Waals surface area contributed by atoms with E-state index in [-0.39, 0.29) is 54.5 Å². The zero-order valence-electron chi connectivity index (χ0n) is 75.8. The van der Waals surface area contributed by atoms with Gasteiger partial charge in [-0.15, -0.1) is 0 Å². The fraction of sp³-hybridized carbons (Fsp3) is 0.195. The van der Waals surface area contributed by atoms with Gasteiger partial charge in [-0.25, -0.2) is 0 Å². The van der Waals surface area contributed by atoms with Gasteiger partial charge in [0, 0.05) is 77.3 Å². The van der Waals surface area contributed by atoms with Gasteiger partial charge in [-0.05, 0) is 310 Å². The first-order valence-corrected chi connectivity index (χ1v) is 46.4. The predicted octanol–water partition coefficient (Wildman–Crippen LogP) is 29.3. The first-order valence-electron chi connectivity index (χ1n) is 43.7. The predicted molar refractivity (Wildman–Crippen MR) is 554 cm³/mol. The first kappa shape index (κ1) is 98.5. The Labute approximate surface area is 805 Å². The SMILES string of the molecule is Brc1ccc(I)cc1.Brc1ccc(N(c2ccc(-c3ccccc3)cc2)c2ccc(-c3ccccc3)cc2)cc1.C1CCOC1.CC(C)OB1OC(C)(C)C(C)(C)O1.CC1(C)OB(c2ccc(N(c3ccc(-c4ccccc4)cc3)c3ccc(-c4ccccc4)cc3)cc2)OC1(C)C.[CH2-]CCC.[Li+].c1ccc(-c2ccc(Nc3ccc(-c4ccccc4)cc3)cc2)cc1. The minimum Gasteiger partial charge on any atom is -0.399 e. The molecule has 3 fully saturated rings. The monoisotopic (exact) mass is 1920 g/mol. The molecule has 3 aliphatic heterocycles. The Hall–Kier alpha value is -10.1. The van der Waals surface area contributed by atoms with Crippen molar-refractivity contribution in [3.63, 3.8) is 0 Å². The zero-order chi connectivity index (χ0) is 89.6. The van der Waals surface area contributed by atoms with Crippen molar-refractivity contribution >= 4 is 120 Å². The molecule has 3 aliphatic rings. The Bertz CT molecular complexity index is 5420. The third-order valence-electron chi connectivity index (χ3n) is 22.6. The molecular formula is C113H115B2Br2ILiN3O6. The maximum Gasteiger partial charge on any atom is 1.00 e. The van der Waals surface area contributed by atoms with Crippen LogP contribution in [0.25, 0.3) is 66.8 Å². The van der Waals surface area contributed by atoms with Crippen molar-refractivity contribution in [3.8, 4) is 66.8 Å². The topological polar surface area (TPSA) is 73.9 Å². The van der Waals surface area contributed by atoms with Crippen LogP contribution in [0.3, 0.4) is 0 Å². The number of nitrogens with zero attached hydrogens (tertiary/aromatic N) is 2. The van der Waals surface area contributed by atoms with Gasteiger partial charge in [-0.3, -0.25) is 0 Å². The molecule has 0 aliphatic carbocycles. The summed E-state index contributed by atoms with van der Waals surface area (Å²) in [5.74, 6) is 0. The Kier molecular flexibility index (Phi) is 37.3. The second-order valence-corrected chi connectivity index (χ2v) is 36.4. The molecule has 9 nitrogen and oxygen atoms in total. The largest absolute Gasteiger partial charge is 1.00 e. The van der Waals surface area contributed by atoms with Gasteiger partial charge in [0.05, 0.1) is 22.4 Å². The maximum absolute atomic E-state index is 6.29. The summed E-state index contributed by atoms with van der Waals surface area (Å²) in [4.78, 5) is 4.58. The molecule has 1 N–H and O–H groups in total. The van der Waals surface area contributed by atoms with Gasteiger partial charge in [0.15, 0.2) is 0 Å². The summed E-state index contributed by atoms with van der Waals surface area (Å²) >= 11 is 9.18. The van der Waals surface area contributed by atoms with E-state index in [1.807, 2.05) is 90.1 Å². The van der Waals surface area contributed by atoms with Crippen molar-refractivity contribution in [1.82, 2.24) is 0 Å². The van der Waals surface area contributed by atoms with Crippen LogP contribution in [0.1, 0.15) is 102 Å². The molecule has 646 valence electrons. The molecule has 0 bridgehead atoms. The van der Waals surface area contributed by atoms with Crippen LogP contribution in [0.5, 0.6) is 0 Å². The summed E-state index contributed by atoms with van der Waals surface area (Å²) in [7, 11) is -0.909. The van der Waals surface area contributed by atoms with Gasteiger partial charge in [0.1, 0.15) is 0 Å². The van der Waals surface area contributed by atoms with E-state index in [0.717, 1.165) is 79.5 Å². The van der Waals surface area contributed by atoms with Crippen molar-refractivity contribution in [2.75, 3.05) is 28.3 Å². The van der Waals surface area contributed by atoms with Crippen LogP contribution in [-0.2, 0) is 28.0 Å². The summed E-state index contributed by atoms with van der Waals surface area (Å²) in [6, 6.07) is 140. The molecule has 0 aromatic heterocycles. The van der Waals surface area contributed by atoms with Gasteiger partial charge >= 0.3 is 33.3 Å². The van der Waals surface area contributed by atoms with E-state index < -0.39 is 7.32 Å². The molecule has 0 radical (unpaired) electrons. The Morgan fingerprint density at radius 2 is 0.555 bits per heavy atom. The molecule has 128 heavy (non-hydrogen) atoms. The summed E-state index contributed by atoms with van der Waals surface area (Å²) < 4.78 is 37.7. The maximum atomic E-state index is 6.29. The third kappa shape index (κ3) is 28.4. The molecule has 0 unspecified atom stereocenters. The molecule has 0 atom stereocenters. The van der Waals surface area contributed by atoms with Crippen LogP contribution in [0.4, 0.5) is 45.5 Å². The number of anilines is 8. The number of ether oxygens (including phenoxy) is 1. The molecule has 15 heteroatoms. The minimum absolute atomic E-state index is 0. The van der Waals surface area contributed by atoms with Gasteiger partial charge in [-0.1, -0.05) is 312 Å². The van der Waals surface area contributed by atoms with Crippen LogP contribution in [0.15, 0.2) is 409 Å². The number of hydrogen-bond acceptors (Lipinski definition) is 9. The molecule has 18 rings (SSSR count).